The molecule has 37 heteroatoms. The van der Waals surface area contributed by atoms with E-state index < -0.39 is 32.8 Å². The number of anilines is 2. The normalized spacial score (nSPS) is 15.5. The number of aromatic nitrogens is 14. The molecule has 13 heterocycles. The number of nitrogens with one attached hydrogen (secondary N) is 1. The minimum Gasteiger partial charge on any atom is -0.405 e. The van der Waals surface area contributed by atoms with E-state index >= 15 is 0 Å². The molecule has 10 aromatic heterocycles. The van der Waals surface area contributed by atoms with E-state index in [0.717, 1.165) is 18.3 Å². The van der Waals surface area contributed by atoms with Crippen molar-refractivity contribution < 1.29 is 45.5 Å². The lowest BCUT2D eigenvalue weighted by molar-refractivity contribution is 0.00578. The Kier molecular flexibility index (Phi) is 33.0. The van der Waals surface area contributed by atoms with Crippen LogP contribution in [-0.2, 0) is 40.8 Å². The first kappa shape index (κ1) is 98.5. The van der Waals surface area contributed by atoms with Gasteiger partial charge < -0.3 is 58.1 Å². The van der Waals surface area contributed by atoms with Gasteiger partial charge in [-0.05, 0) is 269 Å². The molecule has 3 aliphatic rings. The minimum atomic E-state index is -0.476. The highest BCUT2D eigenvalue weighted by Gasteiger charge is 2.64. The van der Waals surface area contributed by atoms with Gasteiger partial charge in [0, 0.05) is 109 Å². The highest BCUT2D eigenvalue weighted by atomic mass is 127. The number of H-pyrrole nitrogens is 1. The number of alkyl halides is 1. The molecule has 3 saturated heterocycles. The number of halogens is 8. The van der Waals surface area contributed by atoms with Crippen molar-refractivity contribution in [2.24, 2.45) is 0 Å². The first-order chi connectivity index (χ1) is 56.5. The standard InChI is InChI=1S/C25H21F2N7O.C17H11BrF2N6.C14H22BNO3.C12H24B2O4.C8H10BrNO.C5H4BrNO.C3H7I.CH4/c1-14(2)33-13-16(7-10-21(33)35)22-23(15-5-8-17(26)9-6-15)31-25(28)34-24(22)30-20(32-34)12-19-18(27)4-3-11-29-19;18-14-15(9-3-5-10(19)6-4-9)24-17(21)26-16(14)23-13(25-26)8-12-11(20)2-1-7-22-12;1-10(2)16-9-11(7-8-12(16)17)15-18-13(3,4)14(5,6)19-15;1-9(2)10(3,4)16-13(15-9)14-17-11(5,6)12(7,8)18-14;1-6(2)10-5-7(9)3-4-8(10)11;6-4-1-2-5(8)7-3-4;1-3(2)4;/h3-11,13-14H,12H2,1-2H3,(H2,28,31);1-7H,8H2,(H2,21,24);7-10H,1-6H3;1-8H3;3-6H,1-2H3;1-3H,(H,7,8);3H,1-2H3;1H4. The second-order valence-corrected chi connectivity index (χ2v) is 37.7. The van der Waals surface area contributed by atoms with Crippen LogP contribution >= 0.6 is 70.4 Å². The second kappa shape index (κ2) is 40.8. The molecule has 3 aliphatic heterocycles. The molecular formula is C85H103B3Br3F4IN16O10. The quantitative estimate of drug-likeness (QED) is 0.0443. The predicted octanol–water partition coefficient (Wildman–Crippen LogP) is 17.2. The number of rotatable bonds is 12. The van der Waals surface area contributed by atoms with Crippen LogP contribution in [0.2, 0.25) is 0 Å². The molecule has 0 radical (unpaired) electrons. The molecule has 648 valence electrons. The van der Waals surface area contributed by atoms with Crippen LogP contribution in [0.1, 0.15) is 187 Å². The van der Waals surface area contributed by atoms with Crippen molar-refractivity contribution >= 4 is 120 Å². The van der Waals surface area contributed by atoms with Crippen molar-refractivity contribution in [1.82, 2.24) is 67.8 Å². The molecule has 0 spiro atoms. The fourth-order valence-electron chi connectivity index (χ4n) is 11.8. The third-order valence-electron chi connectivity index (χ3n) is 20.4. The van der Waals surface area contributed by atoms with Crippen molar-refractivity contribution in [3.8, 4) is 33.6 Å². The van der Waals surface area contributed by atoms with E-state index in [2.05, 4.69) is 129 Å². The van der Waals surface area contributed by atoms with E-state index in [0.29, 0.717) is 61.1 Å². The van der Waals surface area contributed by atoms with E-state index in [-0.39, 0.29) is 129 Å². The zero-order chi connectivity index (χ0) is 89.3. The average Bonchev–Trinajstić information content (AvgIpc) is 1.62. The first-order valence-corrected chi connectivity index (χ1v) is 42.5. The van der Waals surface area contributed by atoms with Crippen LogP contribution < -0.4 is 39.2 Å². The molecule has 26 nitrogen and oxygen atoms in total. The number of hydrogen-bond donors (Lipinski definition) is 3. The molecule has 122 heavy (non-hydrogen) atoms. The lowest BCUT2D eigenvalue weighted by Crippen LogP contribution is -2.41. The Morgan fingerprint density at radius 3 is 1.24 bits per heavy atom. The molecule has 0 unspecified atom stereocenters. The Morgan fingerprint density at radius 1 is 0.459 bits per heavy atom. The van der Waals surface area contributed by atoms with Gasteiger partial charge in [-0.1, -0.05) is 49.9 Å². The van der Waals surface area contributed by atoms with Crippen LogP contribution in [0.25, 0.3) is 44.9 Å². The number of aromatic amines is 1. The minimum absolute atomic E-state index is 0. The van der Waals surface area contributed by atoms with Crippen LogP contribution in [0.15, 0.2) is 191 Å². The summed E-state index contributed by atoms with van der Waals surface area (Å²) in [6, 6.07) is 30.6. The number of hydrogen-bond acceptors (Lipinski definition) is 20. The lowest BCUT2D eigenvalue weighted by atomic mass is 9.49. The summed E-state index contributed by atoms with van der Waals surface area (Å²) in [6.07, 6.45) is 10.1. The molecule has 0 saturated carbocycles. The van der Waals surface area contributed by atoms with Crippen molar-refractivity contribution in [2.45, 2.75) is 214 Å². The van der Waals surface area contributed by atoms with Crippen LogP contribution in [0.4, 0.5) is 29.5 Å². The SMILES string of the molecule is C.CC(C)I.CC(C)n1cc(-c2c(-c3ccc(F)cc3)nc(N)n3nc(Cc4ncccc4F)nc23)ccc1=O.CC(C)n1cc(B2OC(C)(C)C(C)(C)O2)ccc1=O.CC(C)n1cc(Br)ccc1=O.CC1(C)OB(B2OC(C)(C)C(C)(C)O2)OC1(C)C.Nc1nc(-c2ccc(F)cc2)c(Br)c2nc(Cc3ncccc3F)nn12.O=c1ccc(Br)c[nH]1. The van der Waals surface area contributed by atoms with Gasteiger partial charge in [-0.25, -0.2) is 37.5 Å². The largest absolute Gasteiger partial charge is 0.496 e. The van der Waals surface area contributed by atoms with Crippen molar-refractivity contribution in [1.29, 1.82) is 0 Å². The molecule has 0 aliphatic carbocycles. The summed E-state index contributed by atoms with van der Waals surface area (Å²) in [7, 11) is -1.37. The number of nitrogens with two attached hydrogens (primary N) is 2. The van der Waals surface area contributed by atoms with Gasteiger partial charge in [0.2, 0.25) is 17.5 Å². The summed E-state index contributed by atoms with van der Waals surface area (Å²) in [4.78, 5) is 74.2. The number of benzene rings is 2. The summed E-state index contributed by atoms with van der Waals surface area (Å²) in [5.74, 6) is -0.805. The van der Waals surface area contributed by atoms with Crippen molar-refractivity contribution in [3.05, 3.63) is 260 Å². The van der Waals surface area contributed by atoms with E-state index in [1.807, 2.05) is 131 Å². The van der Waals surface area contributed by atoms with Crippen molar-refractivity contribution in [3.63, 3.8) is 0 Å². The lowest BCUT2D eigenvalue weighted by Gasteiger charge is -2.32. The van der Waals surface area contributed by atoms with Crippen molar-refractivity contribution in [2.75, 3.05) is 11.5 Å². The number of nitrogens with zero attached hydrogens (tertiary/aromatic N) is 13. The average molecular weight is 1980 g/mol. The zero-order valence-corrected chi connectivity index (χ0v) is 78.0. The number of fused-ring (bicyclic) bond motifs is 2. The summed E-state index contributed by atoms with van der Waals surface area (Å²) in [5.41, 5.74) is 15.5. The molecule has 0 bridgehead atoms. The molecule has 5 N–H and O–H groups in total. The summed E-state index contributed by atoms with van der Waals surface area (Å²) < 4.78 is 102. The van der Waals surface area contributed by atoms with Gasteiger partial charge in [-0.3, -0.25) is 29.1 Å². The van der Waals surface area contributed by atoms with Gasteiger partial charge >= 0.3 is 21.1 Å². The van der Waals surface area contributed by atoms with Crippen LogP contribution in [0, 0.1) is 23.3 Å². The topological polar surface area (TPSA) is 318 Å². The smallest absolute Gasteiger partial charge is 0.405 e. The Morgan fingerprint density at radius 2 is 0.828 bits per heavy atom. The van der Waals surface area contributed by atoms with Gasteiger partial charge in [0.1, 0.15) is 23.3 Å². The van der Waals surface area contributed by atoms with E-state index in [9.17, 15) is 36.7 Å². The van der Waals surface area contributed by atoms with Gasteiger partial charge in [-0.15, -0.1) is 10.2 Å². The molecular weight excluding hydrogens is 1880 g/mol. The van der Waals surface area contributed by atoms with Gasteiger partial charge in [0.25, 0.3) is 16.7 Å². The third kappa shape index (κ3) is 24.4. The Balaban J connectivity index is 0.000000189. The highest BCUT2D eigenvalue weighted by molar-refractivity contribution is 14.1. The Bertz CT molecular complexity index is 5770. The van der Waals surface area contributed by atoms with E-state index in [4.69, 9.17) is 39.4 Å². The number of nitrogen functional groups attached to an aromatic ring is 2. The van der Waals surface area contributed by atoms with Gasteiger partial charge in [0.05, 0.1) is 79.3 Å². The van der Waals surface area contributed by atoms with E-state index in [1.165, 1.54) is 82.1 Å². The van der Waals surface area contributed by atoms with Crippen LogP contribution in [0.3, 0.4) is 0 Å². The fraction of sp³-hybridized carbons (Fsp3) is 0.388. The maximum Gasteiger partial charge on any atom is 0.496 e. The predicted molar refractivity (Wildman–Crippen MR) is 491 cm³/mol. The Hall–Kier alpha value is -8.92. The first-order valence-electron chi connectivity index (χ1n) is 38.8. The zero-order valence-electron chi connectivity index (χ0n) is 71.0. The summed E-state index contributed by atoms with van der Waals surface area (Å²) in [6.45, 7) is 40.3. The van der Waals surface area contributed by atoms with Crippen LogP contribution in [-0.4, -0.2) is 126 Å². The van der Waals surface area contributed by atoms with E-state index in [1.54, 1.807) is 93.0 Å². The molecule has 12 aromatic rings. The monoisotopic (exact) mass is 1980 g/mol. The maximum atomic E-state index is 14.2. The highest BCUT2D eigenvalue weighted by Crippen LogP contribution is 2.44. The molecule has 0 atom stereocenters. The Labute approximate surface area is 747 Å². The summed E-state index contributed by atoms with van der Waals surface area (Å²) >= 11 is 12.3. The molecule has 15 rings (SSSR count). The van der Waals surface area contributed by atoms with Gasteiger partial charge in [-0.2, -0.15) is 9.03 Å². The van der Waals surface area contributed by atoms with Crippen LogP contribution in [0.5, 0.6) is 0 Å². The second-order valence-electron chi connectivity index (χ2n) is 32.6. The molecule has 0 amide bonds. The third-order valence-corrected chi connectivity index (χ3v) is 22.1. The summed E-state index contributed by atoms with van der Waals surface area (Å²) in [5, 5.41) is 8.72. The maximum absolute atomic E-state index is 14.2. The molecule has 3 fully saturated rings. The fourth-order valence-corrected chi connectivity index (χ4v) is 12.9. The number of pyridine rings is 6. The molecule has 2 aromatic carbocycles. The van der Waals surface area contributed by atoms with Gasteiger partial charge in [0.15, 0.2) is 22.9 Å².